The van der Waals surface area contributed by atoms with Crippen molar-refractivity contribution in [2.45, 2.75) is 6.61 Å². The molecule has 0 aliphatic rings. The van der Waals surface area contributed by atoms with Gasteiger partial charge in [-0.2, -0.15) is 0 Å². The molecule has 5 heteroatoms. The van der Waals surface area contributed by atoms with Gasteiger partial charge in [0.2, 0.25) is 0 Å². The number of anilines is 1. The third-order valence-corrected chi connectivity index (χ3v) is 2.40. The summed E-state index contributed by atoms with van der Waals surface area (Å²) in [6.07, 6.45) is 0. The van der Waals surface area contributed by atoms with Crippen molar-refractivity contribution in [1.82, 2.24) is 0 Å². The van der Waals surface area contributed by atoms with Crippen molar-refractivity contribution in [3.63, 3.8) is 0 Å². The first-order valence-electron chi connectivity index (χ1n) is 5.18. The van der Waals surface area contributed by atoms with Crippen LogP contribution in [0.5, 0.6) is 5.75 Å². The van der Waals surface area contributed by atoms with Crippen molar-refractivity contribution < 1.29 is 17.9 Å². The number of benzene rings is 2. The van der Waals surface area contributed by atoms with Crippen LogP contribution in [-0.4, -0.2) is 0 Å². The van der Waals surface area contributed by atoms with Crippen LogP contribution in [0.1, 0.15) is 5.56 Å². The van der Waals surface area contributed by atoms with Crippen molar-refractivity contribution in [1.29, 1.82) is 0 Å². The molecule has 0 aromatic heterocycles. The van der Waals surface area contributed by atoms with Crippen LogP contribution < -0.4 is 10.5 Å². The lowest BCUT2D eigenvalue weighted by Gasteiger charge is -2.08. The highest BCUT2D eigenvalue weighted by Gasteiger charge is 2.08. The van der Waals surface area contributed by atoms with Crippen LogP contribution in [0.2, 0.25) is 0 Å². The zero-order chi connectivity index (χ0) is 13.1. The second-order valence-electron chi connectivity index (χ2n) is 3.68. The van der Waals surface area contributed by atoms with Gasteiger partial charge in [0.25, 0.3) is 0 Å². The first-order chi connectivity index (χ1) is 8.58. The average molecular weight is 253 g/mol. The summed E-state index contributed by atoms with van der Waals surface area (Å²) in [5.74, 6) is -2.33. The molecule has 0 unspecified atom stereocenters. The number of nitrogen functional groups attached to an aromatic ring is 1. The second-order valence-corrected chi connectivity index (χ2v) is 3.68. The smallest absolute Gasteiger partial charge is 0.165 e. The monoisotopic (exact) mass is 253 g/mol. The van der Waals surface area contributed by atoms with Gasteiger partial charge in [0.1, 0.15) is 18.2 Å². The van der Waals surface area contributed by atoms with Crippen LogP contribution in [0.15, 0.2) is 36.4 Å². The summed E-state index contributed by atoms with van der Waals surface area (Å²) in [4.78, 5) is 0. The van der Waals surface area contributed by atoms with Crippen molar-refractivity contribution in [3.05, 3.63) is 59.4 Å². The topological polar surface area (TPSA) is 35.2 Å². The van der Waals surface area contributed by atoms with Gasteiger partial charge in [0.15, 0.2) is 11.6 Å². The average Bonchev–Trinajstić information content (AvgIpc) is 2.35. The van der Waals surface area contributed by atoms with Crippen LogP contribution in [-0.2, 0) is 6.61 Å². The number of hydrogen-bond donors (Lipinski definition) is 1. The van der Waals surface area contributed by atoms with Crippen molar-refractivity contribution in [2.75, 3.05) is 5.73 Å². The molecular weight excluding hydrogens is 243 g/mol. The van der Waals surface area contributed by atoms with Gasteiger partial charge >= 0.3 is 0 Å². The standard InChI is InChI=1S/C13H10F3NO/c14-10-3-1-2-8(13(10)16)7-18-9-4-5-12(17)11(15)6-9/h1-6H,7,17H2. The SMILES string of the molecule is Nc1ccc(OCc2cccc(F)c2F)cc1F. The van der Waals surface area contributed by atoms with Crippen LogP contribution in [0.3, 0.4) is 0 Å². The maximum Gasteiger partial charge on any atom is 0.165 e. The Labute approximate surface area is 102 Å². The molecule has 0 spiro atoms. The normalized spacial score (nSPS) is 10.4. The maximum absolute atomic E-state index is 13.3. The van der Waals surface area contributed by atoms with Gasteiger partial charge in [-0.1, -0.05) is 12.1 Å². The summed E-state index contributed by atoms with van der Waals surface area (Å²) in [6, 6.07) is 7.67. The minimum Gasteiger partial charge on any atom is -0.489 e. The highest BCUT2D eigenvalue weighted by molar-refractivity contribution is 5.43. The molecule has 2 nitrogen and oxygen atoms in total. The first kappa shape index (κ1) is 12.3. The Morgan fingerprint density at radius 1 is 1.00 bits per heavy atom. The Bertz CT molecular complexity index is 572. The van der Waals surface area contributed by atoms with Gasteiger partial charge in [0.05, 0.1) is 5.69 Å². The Morgan fingerprint density at radius 2 is 1.78 bits per heavy atom. The molecule has 0 heterocycles. The molecular formula is C13H10F3NO. The van der Waals surface area contributed by atoms with Crippen LogP contribution >= 0.6 is 0 Å². The molecule has 2 N–H and O–H groups in total. The lowest BCUT2D eigenvalue weighted by Crippen LogP contribution is -2.01. The molecule has 18 heavy (non-hydrogen) atoms. The third-order valence-electron chi connectivity index (χ3n) is 2.40. The molecule has 2 aromatic rings. The lowest BCUT2D eigenvalue weighted by atomic mass is 10.2. The van der Waals surface area contributed by atoms with E-state index in [2.05, 4.69) is 0 Å². The van der Waals surface area contributed by atoms with E-state index in [4.69, 9.17) is 10.5 Å². The molecule has 0 aliphatic heterocycles. The van der Waals surface area contributed by atoms with Gasteiger partial charge in [-0.3, -0.25) is 0 Å². The molecule has 0 aliphatic carbocycles. The van der Waals surface area contributed by atoms with E-state index in [0.717, 1.165) is 12.1 Å². The molecule has 0 bridgehead atoms. The number of rotatable bonds is 3. The number of ether oxygens (including phenoxy) is 1. The summed E-state index contributed by atoms with van der Waals surface area (Å²) < 4.78 is 44.5. The molecule has 2 aromatic carbocycles. The summed E-state index contributed by atoms with van der Waals surface area (Å²) >= 11 is 0. The number of halogens is 3. The van der Waals surface area contributed by atoms with E-state index < -0.39 is 17.5 Å². The second kappa shape index (κ2) is 5.00. The van der Waals surface area contributed by atoms with E-state index >= 15 is 0 Å². The van der Waals surface area contributed by atoms with Gasteiger partial charge < -0.3 is 10.5 Å². The zero-order valence-corrected chi connectivity index (χ0v) is 9.29. The number of nitrogens with two attached hydrogens (primary N) is 1. The first-order valence-corrected chi connectivity index (χ1v) is 5.18. The molecule has 0 amide bonds. The Kier molecular flexibility index (Phi) is 3.41. The van der Waals surface area contributed by atoms with E-state index in [1.54, 1.807) is 0 Å². The Hall–Kier alpha value is -2.17. The molecule has 0 saturated carbocycles. The predicted molar refractivity (Wildman–Crippen MR) is 61.5 cm³/mol. The van der Waals surface area contributed by atoms with Crippen LogP contribution in [0.4, 0.5) is 18.9 Å². The molecule has 94 valence electrons. The fraction of sp³-hybridized carbons (Fsp3) is 0.0769. The molecule has 0 radical (unpaired) electrons. The fourth-order valence-electron chi connectivity index (χ4n) is 1.42. The Balaban J connectivity index is 2.11. The van der Waals surface area contributed by atoms with Gasteiger partial charge in [0, 0.05) is 11.6 Å². The molecule has 2 rings (SSSR count). The highest BCUT2D eigenvalue weighted by Crippen LogP contribution is 2.20. The highest BCUT2D eigenvalue weighted by atomic mass is 19.2. The fourth-order valence-corrected chi connectivity index (χ4v) is 1.42. The van der Waals surface area contributed by atoms with Crippen molar-refractivity contribution in [3.8, 4) is 5.75 Å². The maximum atomic E-state index is 13.3. The lowest BCUT2D eigenvalue weighted by molar-refractivity contribution is 0.296. The van der Waals surface area contributed by atoms with E-state index in [0.29, 0.717) is 0 Å². The molecule has 0 saturated heterocycles. The quantitative estimate of drug-likeness (QED) is 0.852. The zero-order valence-electron chi connectivity index (χ0n) is 9.29. The minimum atomic E-state index is -0.964. The predicted octanol–water partition coefficient (Wildman–Crippen LogP) is 3.27. The summed E-state index contributed by atoms with van der Waals surface area (Å²) in [5.41, 5.74) is 5.36. The molecule has 0 atom stereocenters. The third kappa shape index (κ3) is 2.56. The number of hydrogen-bond acceptors (Lipinski definition) is 2. The van der Waals surface area contributed by atoms with Crippen molar-refractivity contribution in [2.24, 2.45) is 0 Å². The van der Waals surface area contributed by atoms with E-state index in [-0.39, 0.29) is 23.6 Å². The van der Waals surface area contributed by atoms with Gasteiger partial charge in [-0.15, -0.1) is 0 Å². The summed E-state index contributed by atoms with van der Waals surface area (Å²) in [6.45, 7) is -0.188. The van der Waals surface area contributed by atoms with E-state index in [1.807, 2.05) is 0 Å². The van der Waals surface area contributed by atoms with Crippen LogP contribution in [0.25, 0.3) is 0 Å². The largest absolute Gasteiger partial charge is 0.489 e. The summed E-state index contributed by atoms with van der Waals surface area (Å²) in [5, 5.41) is 0. The van der Waals surface area contributed by atoms with Gasteiger partial charge in [-0.25, -0.2) is 13.2 Å². The van der Waals surface area contributed by atoms with Crippen LogP contribution in [0, 0.1) is 17.5 Å². The summed E-state index contributed by atoms with van der Waals surface area (Å²) in [7, 11) is 0. The molecule has 0 fully saturated rings. The minimum absolute atomic E-state index is 0.000661. The van der Waals surface area contributed by atoms with E-state index in [1.165, 1.54) is 24.3 Å². The van der Waals surface area contributed by atoms with Gasteiger partial charge in [-0.05, 0) is 18.2 Å². The van der Waals surface area contributed by atoms with Crippen molar-refractivity contribution >= 4 is 5.69 Å². The van der Waals surface area contributed by atoms with E-state index in [9.17, 15) is 13.2 Å². The Morgan fingerprint density at radius 3 is 2.50 bits per heavy atom.